The first-order valence-electron chi connectivity index (χ1n) is 7.88. The minimum Gasteiger partial charge on any atom is -0.361 e. The van der Waals surface area contributed by atoms with Gasteiger partial charge in [-0.15, -0.1) is 0 Å². The van der Waals surface area contributed by atoms with Gasteiger partial charge in [0.1, 0.15) is 11.6 Å². The topological polar surface area (TPSA) is 44.9 Å². The van der Waals surface area contributed by atoms with E-state index >= 15 is 0 Å². The highest BCUT2D eigenvalue weighted by atomic mass is 19.1. The van der Waals surface area contributed by atoms with E-state index in [1.807, 2.05) is 0 Å². The number of carbonyl (C=O) groups excluding carboxylic acids is 1. The standard InChI is InChI=1S/C19H16F2N2O/c20-13-3-1-12(2-4-13)10-23-18(24)19(7-8-19)16-11-22-17-6-5-14(21)9-15(16)17/h1-6,9,11,22H,7-8,10H2,(H,23,24). The lowest BCUT2D eigenvalue weighted by Gasteiger charge is -2.15. The summed E-state index contributed by atoms with van der Waals surface area (Å²) in [7, 11) is 0. The Labute approximate surface area is 137 Å². The highest BCUT2D eigenvalue weighted by molar-refractivity contribution is 5.97. The van der Waals surface area contributed by atoms with Crippen LogP contribution in [0.3, 0.4) is 0 Å². The zero-order valence-corrected chi connectivity index (χ0v) is 12.9. The number of rotatable bonds is 4. The molecule has 1 fully saturated rings. The van der Waals surface area contributed by atoms with Crippen molar-refractivity contribution in [2.75, 3.05) is 0 Å². The van der Waals surface area contributed by atoms with Crippen molar-refractivity contribution < 1.29 is 13.6 Å². The summed E-state index contributed by atoms with van der Waals surface area (Å²) in [4.78, 5) is 15.8. The molecular formula is C19H16F2N2O. The van der Waals surface area contributed by atoms with Gasteiger partial charge in [-0.25, -0.2) is 8.78 Å². The number of halogens is 2. The summed E-state index contributed by atoms with van der Waals surface area (Å²) in [5, 5.41) is 3.67. The number of H-pyrrole nitrogens is 1. The van der Waals surface area contributed by atoms with Gasteiger partial charge in [-0.05, 0) is 54.3 Å². The number of aromatic nitrogens is 1. The zero-order valence-electron chi connectivity index (χ0n) is 12.9. The Morgan fingerprint density at radius 1 is 1.08 bits per heavy atom. The molecule has 1 saturated carbocycles. The van der Waals surface area contributed by atoms with Crippen LogP contribution in [-0.4, -0.2) is 10.9 Å². The summed E-state index contributed by atoms with van der Waals surface area (Å²) in [5.74, 6) is -0.688. The van der Waals surface area contributed by atoms with Gasteiger partial charge in [0.15, 0.2) is 0 Å². The van der Waals surface area contributed by atoms with Gasteiger partial charge in [-0.2, -0.15) is 0 Å². The molecule has 1 amide bonds. The van der Waals surface area contributed by atoms with Crippen molar-refractivity contribution in [3.8, 4) is 0 Å². The van der Waals surface area contributed by atoms with Crippen LogP contribution in [0.1, 0.15) is 24.0 Å². The maximum Gasteiger partial charge on any atom is 0.231 e. The number of aromatic amines is 1. The Kier molecular flexibility index (Phi) is 3.37. The molecule has 1 aromatic heterocycles. The Hall–Kier alpha value is -2.69. The van der Waals surface area contributed by atoms with E-state index in [4.69, 9.17) is 0 Å². The average molecular weight is 326 g/mol. The largest absolute Gasteiger partial charge is 0.361 e. The number of amides is 1. The van der Waals surface area contributed by atoms with Crippen LogP contribution in [0, 0.1) is 11.6 Å². The minimum atomic E-state index is -0.591. The number of hydrogen-bond acceptors (Lipinski definition) is 1. The molecule has 5 heteroatoms. The predicted octanol–water partition coefficient (Wildman–Crippen LogP) is 3.79. The molecule has 24 heavy (non-hydrogen) atoms. The fourth-order valence-electron chi connectivity index (χ4n) is 3.19. The number of fused-ring (bicyclic) bond motifs is 1. The van der Waals surface area contributed by atoms with Gasteiger partial charge in [0.25, 0.3) is 0 Å². The van der Waals surface area contributed by atoms with Crippen molar-refractivity contribution in [3.63, 3.8) is 0 Å². The molecule has 122 valence electrons. The molecule has 0 bridgehead atoms. The number of hydrogen-bond donors (Lipinski definition) is 2. The third-order valence-corrected chi connectivity index (χ3v) is 4.71. The van der Waals surface area contributed by atoms with Crippen LogP contribution in [0.4, 0.5) is 8.78 Å². The zero-order chi connectivity index (χ0) is 16.7. The van der Waals surface area contributed by atoms with Crippen molar-refractivity contribution in [1.82, 2.24) is 10.3 Å². The van der Waals surface area contributed by atoms with Gasteiger partial charge < -0.3 is 10.3 Å². The molecule has 3 nitrogen and oxygen atoms in total. The molecule has 0 unspecified atom stereocenters. The molecule has 2 aromatic carbocycles. The van der Waals surface area contributed by atoms with E-state index in [0.717, 1.165) is 34.9 Å². The Morgan fingerprint density at radius 2 is 1.79 bits per heavy atom. The summed E-state index contributed by atoms with van der Waals surface area (Å²) >= 11 is 0. The van der Waals surface area contributed by atoms with Crippen molar-refractivity contribution in [2.45, 2.75) is 24.8 Å². The second-order valence-corrected chi connectivity index (χ2v) is 6.28. The molecule has 0 saturated heterocycles. The van der Waals surface area contributed by atoms with Crippen LogP contribution in [0.2, 0.25) is 0 Å². The fourth-order valence-corrected chi connectivity index (χ4v) is 3.19. The molecule has 3 aromatic rings. The maximum absolute atomic E-state index is 13.6. The normalized spacial score (nSPS) is 15.4. The molecule has 1 heterocycles. The summed E-state index contributed by atoms with van der Waals surface area (Å²) in [6.45, 7) is 0.345. The predicted molar refractivity (Wildman–Crippen MR) is 87.4 cm³/mol. The molecule has 0 spiro atoms. The Morgan fingerprint density at radius 3 is 2.50 bits per heavy atom. The molecule has 0 radical (unpaired) electrons. The van der Waals surface area contributed by atoms with E-state index in [-0.39, 0.29) is 17.5 Å². The summed E-state index contributed by atoms with van der Waals surface area (Å²) in [5.41, 5.74) is 1.91. The number of benzene rings is 2. The third-order valence-electron chi connectivity index (χ3n) is 4.71. The van der Waals surface area contributed by atoms with E-state index in [1.54, 1.807) is 24.4 Å². The SMILES string of the molecule is O=C(NCc1ccc(F)cc1)C1(c2c[nH]c3ccc(F)cc23)CC1. The quantitative estimate of drug-likeness (QED) is 0.753. The molecule has 4 rings (SSSR count). The van der Waals surface area contributed by atoms with Crippen LogP contribution < -0.4 is 5.32 Å². The van der Waals surface area contributed by atoms with Crippen LogP contribution in [0.25, 0.3) is 10.9 Å². The lowest BCUT2D eigenvalue weighted by Crippen LogP contribution is -2.34. The second-order valence-electron chi connectivity index (χ2n) is 6.28. The molecule has 0 atom stereocenters. The Balaban J connectivity index is 1.56. The van der Waals surface area contributed by atoms with Crippen molar-refractivity contribution >= 4 is 16.8 Å². The lowest BCUT2D eigenvalue weighted by molar-refractivity contribution is -0.123. The van der Waals surface area contributed by atoms with Crippen LogP contribution in [0.5, 0.6) is 0 Å². The molecule has 1 aliphatic rings. The van der Waals surface area contributed by atoms with E-state index in [2.05, 4.69) is 10.3 Å². The molecule has 0 aliphatic heterocycles. The van der Waals surface area contributed by atoms with E-state index < -0.39 is 5.41 Å². The smallest absolute Gasteiger partial charge is 0.231 e. The average Bonchev–Trinajstić information content (AvgIpc) is 3.28. The summed E-state index contributed by atoms with van der Waals surface area (Å²) < 4.78 is 26.5. The van der Waals surface area contributed by atoms with E-state index in [0.29, 0.717) is 6.54 Å². The van der Waals surface area contributed by atoms with Crippen LogP contribution in [0.15, 0.2) is 48.7 Å². The molecule has 2 N–H and O–H groups in total. The molecular weight excluding hydrogens is 310 g/mol. The van der Waals surface area contributed by atoms with Crippen molar-refractivity contribution in [2.24, 2.45) is 0 Å². The van der Waals surface area contributed by atoms with E-state index in [1.165, 1.54) is 24.3 Å². The number of carbonyl (C=O) groups is 1. The van der Waals surface area contributed by atoms with Crippen LogP contribution >= 0.6 is 0 Å². The highest BCUT2D eigenvalue weighted by Gasteiger charge is 2.52. The van der Waals surface area contributed by atoms with E-state index in [9.17, 15) is 13.6 Å². The van der Waals surface area contributed by atoms with Crippen molar-refractivity contribution in [1.29, 1.82) is 0 Å². The minimum absolute atomic E-state index is 0.0722. The van der Waals surface area contributed by atoms with Gasteiger partial charge in [-0.1, -0.05) is 12.1 Å². The van der Waals surface area contributed by atoms with Gasteiger partial charge in [0, 0.05) is 23.6 Å². The third kappa shape index (κ3) is 2.46. The maximum atomic E-state index is 13.6. The highest BCUT2D eigenvalue weighted by Crippen LogP contribution is 2.50. The first-order chi connectivity index (χ1) is 11.6. The van der Waals surface area contributed by atoms with Gasteiger partial charge in [0.2, 0.25) is 5.91 Å². The van der Waals surface area contributed by atoms with Crippen molar-refractivity contribution in [3.05, 3.63) is 71.4 Å². The van der Waals surface area contributed by atoms with Gasteiger partial charge in [-0.3, -0.25) is 4.79 Å². The fraction of sp³-hybridized carbons (Fsp3) is 0.211. The van der Waals surface area contributed by atoms with Gasteiger partial charge >= 0.3 is 0 Å². The monoisotopic (exact) mass is 326 g/mol. The van der Waals surface area contributed by atoms with Crippen LogP contribution in [-0.2, 0) is 16.8 Å². The first-order valence-corrected chi connectivity index (χ1v) is 7.88. The first kappa shape index (κ1) is 14.9. The molecule has 1 aliphatic carbocycles. The number of nitrogens with one attached hydrogen (secondary N) is 2. The summed E-state index contributed by atoms with van der Waals surface area (Å²) in [6.07, 6.45) is 3.28. The van der Waals surface area contributed by atoms with Gasteiger partial charge in [0.05, 0.1) is 5.41 Å². The second kappa shape index (κ2) is 5.44. The summed E-state index contributed by atoms with van der Waals surface area (Å²) in [6, 6.07) is 10.6. The lowest BCUT2D eigenvalue weighted by atomic mass is 9.94. The Bertz CT molecular complexity index is 911.